The van der Waals surface area contributed by atoms with E-state index < -0.39 is 0 Å². The van der Waals surface area contributed by atoms with Gasteiger partial charge in [-0.1, -0.05) is 63.9 Å². The second-order valence-corrected chi connectivity index (χ2v) is 4.87. The van der Waals surface area contributed by atoms with Crippen LogP contribution in [0.3, 0.4) is 0 Å². The van der Waals surface area contributed by atoms with Crippen LogP contribution in [0.25, 0.3) is 0 Å². The SMILES string of the molecule is CCCC(C)C(CC)C(=O)OCc1ccccc1. The van der Waals surface area contributed by atoms with E-state index >= 15 is 0 Å². The van der Waals surface area contributed by atoms with E-state index in [-0.39, 0.29) is 11.9 Å². The van der Waals surface area contributed by atoms with Crippen LogP contribution in [0.1, 0.15) is 45.6 Å². The molecule has 0 fully saturated rings. The lowest BCUT2D eigenvalue weighted by molar-refractivity contribution is -0.152. The average Bonchev–Trinajstić information content (AvgIpc) is 2.39. The second-order valence-electron chi connectivity index (χ2n) is 4.87. The molecule has 0 N–H and O–H groups in total. The number of benzene rings is 1. The number of ether oxygens (including phenoxy) is 1. The molecule has 2 atom stereocenters. The molecule has 0 amide bonds. The van der Waals surface area contributed by atoms with Gasteiger partial charge in [-0.2, -0.15) is 0 Å². The predicted octanol–water partition coefficient (Wildman–Crippen LogP) is 4.19. The van der Waals surface area contributed by atoms with Gasteiger partial charge >= 0.3 is 5.97 Å². The lowest BCUT2D eigenvalue weighted by atomic mass is 9.88. The lowest BCUT2D eigenvalue weighted by Gasteiger charge is -2.20. The Hall–Kier alpha value is -1.31. The largest absolute Gasteiger partial charge is 0.461 e. The summed E-state index contributed by atoms with van der Waals surface area (Å²) in [5.74, 6) is 0.388. The Morgan fingerprint density at radius 3 is 2.44 bits per heavy atom. The van der Waals surface area contributed by atoms with E-state index in [1.165, 1.54) is 0 Å². The topological polar surface area (TPSA) is 26.3 Å². The molecule has 0 saturated carbocycles. The summed E-state index contributed by atoms with van der Waals surface area (Å²) in [5, 5.41) is 0. The third kappa shape index (κ3) is 4.52. The first-order valence-corrected chi connectivity index (χ1v) is 6.89. The fourth-order valence-corrected chi connectivity index (χ4v) is 2.29. The number of carbonyl (C=O) groups excluding carboxylic acids is 1. The highest BCUT2D eigenvalue weighted by atomic mass is 16.5. The molecule has 0 aliphatic heterocycles. The minimum absolute atomic E-state index is 0.0358. The molecule has 0 saturated heterocycles. The maximum absolute atomic E-state index is 12.0. The van der Waals surface area contributed by atoms with Gasteiger partial charge in [0.15, 0.2) is 0 Å². The van der Waals surface area contributed by atoms with Crippen LogP contribution in [0.4, 0.5) is 0 Å². The Balaban J connectivity index is 2.47. The molecular formula is C16H24O2. The van der Waals surface area contributed by atoms with Crippen LogP contribution in [0.15, 0.2) is 30.3 Å². The zero-order chi connectivity index (χ0) is 13.4. The van der Waals surface area contributed by atoms with E-state index in [4.69, 9.17) is 4.74 Å². The first kappa shape index (κ1) is 14.7. The van der Waals surface area contributed by atoms with Crippen molar-refractivity contribution in [3.05, 3.63) is 35.9 Å². The van der Waals surface area contributed by atoms with Crippen molar-refractivity contribution in [3.8, 4) is 0 Å². The maximum atomic E-state index is 12.0. The minimum atomic E-state index is -0.0534. The molecule has 2 unspecified atom stereocenters. The number of hydrogen-bond donors (Lipinski definition) is 0. The molecule has 0 aromatic heterocycles. The summed E-state index contributed by atoms with van der Waals surface area (Å²) in [7, 11) is 0. The highest BCUT2D eigenvalue weighted by molar-refractivity contribution is 5.72. The second kappa shape index (κ2) is 7.91. The summed E-state index contributed by atoms with van der Waals surface area (Å²) >= 11 is 0. The quantitative estimate of drug-likeness (QED) is 0.676. The van der Waals surface area contributed by atoms with Crippen LogP contribution < -0.4 is 0 Å². The third-order valence-electron chi connectivity index (χ3n) is 3.40. The van der Waals surface area contributed by atoms with Crippen molar-refractivity contribution >= 4 is 5.97 Å². The van der Waals surface area contributed by atoms with Crippen LogP contribution in [0.2, 0.25) is 0 Å². The number of hydrogen-bond acceptors (Lipinski definition) is 2. The molecule has 1 rings (SSSR count). The van der Waals surface area contributed by atoms with Crippen LogP contribution in [0, 0.1) is 11.8 Å². The van der Waals surface area contributed by atoms with Crippen molar-refractivity contribution in [2.75, 3.05) is 0 Å². The Morgan fingerprint density at radius 2 is 1.89 bits per heavy atom. The first-order chi connectivity index (χ1) is 8.69. The highest BCUT2D eigenvalue weighted by Gasteiger charge is 2.24. The monoisotopic (exact) mass is 248 g/mol. The fraction of sp³-hybridized carbons (Fsp3) is 0.562. The van der Waals surface area contributed by atoms with Crippen molar-refractivity contribution in [2.24, 2.45) is 11.8 Å². The van der Waals surface area contributed by atoms with E-state index in [9.17, 15) is 4.79 Å². The third-order valence-corrected chi connectivity index (χ3v) is 3.40. The Bertz CT molecular complexity index is 345. The molecule has 18 heavy (non-hydrogen) atoms. The molecule has 2 heteroatoms. The number of carbonyl (C=O) groups is 1. The Morgan fingerprint density at radius 1 is 1.22 bits per heavy atom. The fourth-order valence-electron chi connectivity index (χ4n) is 2.29. The molecule has 2 nitrogen and oxygen atoms in total. The van der Waals surface area contributed by atoms with Crippen molar-refractivity contribution in [1.82, 2.24) is 0 Å². The van der Waals surface area contributed by atoms with Gasteiger partial charge in [0.1, 0.15) is 6.61 Å². The van der Waals surface area contributed by atoms with E-state index in [0.717, 1.165) is 24.8 Å². The smallest absolute Gasteiger partial charge is 0.309 e. The minimum Gasteiger partial charge on any atom is -0.461 e. The van der Waals surface area contributed by atoms with Gasteiger partial charge in [-0.25, -0.2) is 0 Å². The van der Waals surface area contributed by atoms with E-state index in [0.29, 0.717) is 12.5 Å². The van der Waals surface area contributed by atoms with Gasteiger partial charge in [-0.3, -0.25) is 4.79 Å². The van der Waals surface area contributed by atoms with Crippen LogP contribution in [-0.2, 0) is 16.1 Å². The lowest BCUT2D eigenvalue weighted by Crippen LogP contribution is -2.23. The van der Waals surface area contributed by atoms with Gasteiger partial charge < -0.3 is 4.74 Å². The molecule has 100 valence electrons. The van der Waals surface area contributed by atoms with E-state index in [1.807, 2.05) is 30.3 Å². The van der Waals surface area contributed by atoms with Crippen molar-refractivity contribution in [1.29, 1.82) is 0 Å². The molecule has 0 spiro atoms. The zero-order valence-electron chi connectivity index (χ0n) is 11.7. The highest BCUT2D eigenvalue weighted by Crippen LogP contribution is 2.22. The summed E-state index contributed by atoms with van der Waals surface area (Å²) in [5.41, 5.74) is 1.05. The van der Waals surface area contributed by atoms with Crippen LogP contribution in [0.5, 0.6) is 0 Å². The Labute approximate surface area is 110 Å². The molecule has 0 aliphatic carbocycles. The van der Waals surface area contributed by atoms with Crippen molar-refractivity contribution in [3.63, 3.8) is 0 Å². The first-order valence-electron chi connectivity index (χ1n) is 6.89. The van der Waals surface area contributed by atoms with Gasteiger partial charge in [-0.15, -0.1) is 0 Å². The molecule has 0 heterocycles. The molecule has 0 bridgehead atoms. The van der Waals surface area contributed by atoms with Gasteiger partial charge in [0.05, 0.1) is 5.92 Å². The van der Waals surface area contributed by atoms with Crippen LogP contribution in [-0.4, -0.2) is 5.97 Å². The van der Waals surface area contributed by atoms with E-state index in [2.05, 4.69) is 20.8 Å². The van der Waals surface area contributed by atoms with Gasteiger partial charge in [0, 0.05) is 0 Å². The summed E-state index contributed by atoms with van der Waals surface area (Å²) < 4.78 is 5.41. The number of esters is 1. The summed E-state index contributed by atoms with van der Waals surface area (Å²) in [6.07, 6.45) is 3.05. The summed E-state index contributed by atoms with van der Waals surface area (Å²) in [6, 6.07) is 9.83. The van der Waals surface area contributed by atoms with Crippen LogP contribution >= 0.6 is 0 Å². The standard InChI is InChI=1S/C16H24O2/c1-4-9-13(3)15(5-2)16(17)18-12-14-10-7-6-8-11-14/h6-8,10-11,13,15H,4-5,9,12H2,1-3H3. The van der Waals surface area contributed by atoms with Gasteiger partial charge in [0.2, 0.25) is 0 Å². The molecule has 1 aromatic carbocycles. The van der Waals surface area contributed by atoms with Gasteiger partial charge in [-0.05, 0) is 17.9 Å². The predicted molar refractivity (Wildman–Crippen MR) is 74.1 cm³/mol. The van der Waals surface area contributed by atoms with Crippen molar-refractivity contribution < 1.29 is 9.53 Å². The molecule has 1 aromatic rings. The zero-order valence-corrected chi connectivity index (χ0v) is 11.7. The molecular weight excluding hydrogens is 224 g/mol. The molecule has 0 radical (unpaired) electrons. The van der Waals surface area contributed by atoms with Crippen molar-refractivity contribution in [2.45, 2.75) is 46.6 Å². The maximum Gasteiger partial charge on any atom is 0.309 e. The summed E-state index contributed by atoms with van der Waals surface area (Å²) in [4.78, 5) is 12.0. The average molecular weight is 248 g/mol. The summed E-state index contributed by atoms with van der Waals surface area (Å²) in [6.45, 7) is 6.73. The normalized spacial score (nSPS) is 13.9. The van der Waals surface area contributed by atoms with E-state index in [1.54, 1.807) is 0 Å². The molecule has 0 aliphatic rings. The van der Waals surface area contributed by atoms with Gasteiger partial charge in [0.25, 0.3) is 0 Å². The Kier molecular flexibility index (Phi) is 6.48. The number of rotatable bonds is 7.